The maximum absolute atomic E-state index is 12.6. The van der Waals surface area contributed by atoms with Gasteiger partial charge in [0.15, 0.2) is 5.78 Å². The zero-order valence-corrected chi connectivity index (χ0v) is 12.6. The Morgan fingerprint density at radius 2 is 1.90 bits per heavy atom. The summed E-state index contributed by atoms with van der Waals surface area (Å²) < 4.78 is 4.55. The monoisotopic (exact) mass is 284 g/mol. The molecular formula is C14H24N2O4. The molecule has 0 aromatic rings. The Labute approximate surface area is 119 Å². The highest BCUT2D eigenvalue weighted by Gasteiger charge is 2.35. The molecule has 1 heterocycles. The Balaban J connectivity index is 2.86. The highest BCUT2D eigenvalue weighted by atomic mass is 16.5. The molecule has 114 valence electrons. The number of carbonyl (C=O) groups excluding carboxylic acids is 3. The molecule has 6 heteroatoms. The van der Waals surface area contributed by atoms with E-state index in [1.165, 1.54) is 14.0 Å². The summed E-state index contributed by atoms with van der Waals surface area (Å²) in [6, 6.07) is -1.03. The first-order chi connectivity index (χ1) is 9.38. The van der Waals surface area contributed by atoms with Crippen LogP contribution in [0.25, 0.3) is 0 Å². The van der Waals surface area contributed by atoms with Crippen molar-refractivity contribution in [1.29, 1.82) is 0 Å². The largest absolute Gasteiger partial charge is 0.453 e. The molecule has 1 N–H and O–H groups in total. The molecule has 0 saturated carbocycles. The van der Waals surface area contributed by atoms with Crippen LogP contribution < -0.4 is 5.32 Å². The van der Waals surface area contributed by atoms with Gasteiger partial charge in [-0.2, -0.15) is 0 Å². The van der Waals surface area contributed by atoms with Crippen LogP contribution in [0.1, 0.15) is 40.0 Å². The number of alkyl carbamates (subject to hydrolysis) is 1. The fourth-order valence-corrected chi connectivity index (χ4v) is 2.50. The lowest BCUT2D eigenvalue weighted by Gasteiger charge is -2.37. The summed E-state index contributed by atoms with van der Waals surface area (Å²) in [7, 11) is 1.26. The number of nitrogens with one attached hydrogen (secondary N) is 1. The fraction of sp³-hybridized carbons (Fsp3) is 0.786. The van der Waals surface area contributed by atoms with Gasteiger partial charge in [-0.05, 0) is 32.1 Å². The molecule has 0 aliphatic carbocycles. The first kappa shape index (κ1) is 16.5. The number of piperidine rings is 1. The second kappa shape index (κ2) is 7.26. The molecule has 2 atom stereocenters. The molecule has 20 heavy (non-hydrogen) atoms. The third kappa shape index (κ3) is 3.95. The maximum Gasteiger partial charge on any atom is 0.407 e. The number of likely N-dealkylation sites (tertiary alicyclic amines) is 1. The van der Waals surface area contributed by atoms with Gasteiger partial charge in [0, 0.05) is 6.54 Å². The van der Waals surface area contributed by atoms with E-state index in [0.29, 0.717) is 13.0 Å². The summed E-state index contributed by atoms with van der Waals surface area (Å²) in [6.45, 7) is 5.78. The third-order valence-electron chi connectivity index (χ3n) is 3.65. The average molecular weight is 284 g/mol. The molecule has 6 nitrogen and oxygen atoms in total. The van der Waals surface area contributed by atoms with E-state index in [1.807, 2.05) is 13.8 Å². The molecule has 2 amide bonds. The van der Waals surface area contributed by atoms with Crippen LogP contribution in [0.3, 0.4) is 0 Å². The minimum Gasteiger partial charge on any atom is -0.453 e. The highest BCUT2D eigenvalue weighted by Crippen LogP contribution is 2.20. The number of hydrogen-bond donors (Lipinski definition) is 1. The first-order valence-corrected chi connectivity index (χ1v) is 7.04. The normalized spacial score (nSPS) is 20.4. The predicted octanol–water partition coefficient (Wildman–Crippen LogP) is 1.34. The number of rotatable bonds is 4. The van der Waals surface area contributed by atoms with Gasteiger partial charge in [0.1, 0.15) is 6.04 Å². The third-order valence-corrected chi connectivity index (χ3v) is 3.65. The van der Waals surface area contributed by atoms with Crippen molar-refractivity contribution >= 4 is 17.8 Å². The molecular weight excluding hydrogens is 260 g/mol. The van der Waals surface area contributed by atoms with E-state index in [0.717, 1.165) is 12.8 Å². The zero-order valence-electron chi connectivity index (χ0n) is 12.6. The molecule has 0 unspecified atom stereocenters. The molecule has 0 aromatic carbocycles. The maximum atomic E-state index is 12.6. The van der Waals surface area contributed by atoms with Gasteiger partial charge in [-0.3, -0.25) is 9.59 Å². The molecule has 0 spiro atoms. The Hall–Kier alpha value is -1.59. The number of nitrogens with zero attached hydrogens (tertiary/aromatic N) is 1. The van der Waals surface area contributed by atoms with Crippen molar-refractivity contribution in [3.8, 4) is 0 Å². The lowest BCUT2D eigenvalue weighted by atomic mass is 9.95. The van der Waals surface area contributed by atoms with Gasteiger partial charge in [0.2, 0.25) is 5.91 Å². The van der Waals surface area contributed by atoms with Gasteiger partial charge in [-0.1, -0.05) is 13.8 Å². The number of ketones is 1. The molecule has 1 fully saturated rings. The number of hydrogen-bond acceptors (Lipinski definition) is 4. The molecule has 1 saturated heterocycles. The summed E-state index contributed by atoms with van der Waals surface area (Å²) >= 11 is 0. The SMILES string of the molecule is COC(=O)N[C@H](C(=O)N1CCCC[C@H]1C(C)=O)C(C)C. The summed E-state index contributed by atoms with van der Waals surface area (Å²) in [4.78, 5) is 37.2. The summed E-state index contributed by atoms with van der Waals surface area (Å²) in [5.74, 6) is -0.278. The zero-order chi connectivity index (χ0) is 15.3. The standard InChI is InChI=1S/C14H24N2O4/c1-9(2)12(15-14(19)20-4)13(18)16-8-6-5-7-11(16)10(3)17/h9,11-12H,5-8H2,1-4H3,(H,15,19)/t11-,12-/m0/s1. The minimum absolute atomic E-state index is 0.00127. The van der Waals surface area contributed by atoms with Crippen molar-refractivity contribution in [2.24, 2.45) is 5.92 Å². The number of amides is 2. The molecule has 1 rings (SSSR count). The van der Waals surface area contributed by atoms with Crippen molar-refractivity contribution in [2.75, 3.05) is 13.7 Å². The van der Waals surface area contributed by atoms with Crippen LogP contribution >= 0.6 is 0 Å². The quantitative estimate of drug-likeness (QED) is 0.845. The second-order valence-electron chi connectivity index (χ2n) is 5.51. The smallest absolute Gasteiger partial charge is 0.407 e. The van der Waals surface area contributed by atoms with E-state index < -0.39 is 12.1 Å². The lowest BCUT2D eigenvalue weighted by Crippen LogP contribution is -2.56. The van der Waals surface area contributed by atoms with Gasteiger partial charge >= 0.3 is 6.09 Å². The van der Waals surface area contributed by atoms with E-state index in [-0.39, 0.29) is 23.7 Å². The number of carbonyl (C=O) groups is 3. The molecule has 1 aliphatic rings. The first-order valence-electron chi connectivity index (χ1n) is 7.04. The average Bonchev–Trinajstić information content (AvgIpc) is 2.43. The van der Waals surface area contributed by atoms with Crippen molar-refractivity contribution in [3.63, 3.8) is 0 Å². The van der Waals surface area contributed by atoms with Crippen LogP contribution in [0.15, 0.2) is 0 Å². The topological polar surface area (TPSA) is 75.7 Å². The molecule has 0 bridgehead atoms. The van der Waals surface area contributed by atoms with E-state index >= 15 is 0 Å². The van der Waals surface area contributed by atoms with Crippen LogP contribution in [0, 0.1) is 5.92 Å². The number of Topliss-reactive ketones (excluding diaryl/α,β-unsaturated/α-hetero) is 1. The van der Waals surface area contributed by atoms with Crippen LogP contribution in [0.2, 0.25) is 0 Å². The lowest BCUT2D eigenvalue weighted by molar-refractivity contribution is -0.143. The second-order valence-corrected chi connectivity index (χ2v) is 5.51. The summed E-state index contributed by atoms with van der Waals surface area (Å²) in [5.41, 5.74) is 0. The van der Waals surface area contributed by atoms with Gasteiger partial charge in [0.25, 0.3) is 0 Å². The fourth-order valence-electron chi connectivity index (χ4n) is 2.50. The van der Waals surface area contributed by atoms with E-state index in [9.17, 15) is 14.4 Å². The Morgan fingerprint density at radius 3 is 2.40 bits per heavy atom. The molecule has 0 radical (unpaired) electrons. The minimum atomic E-state index is -0.664. The number of ether oxygens (including phenoxy) is 1. The molecule has 1 aliphatic heterocycles. The van der Waals surface area contributed by atoms with Gasteiger partial charge in [0.05, 0.1) is 13.2 Å². The Kier molecular flexibility index (Phi) is 5.98. The van der Waals surface area contributed by atoms with Crippen LogP contribution in [0.5, 0.6) is 0 Å². The van der Waals surface area contributed by atoms with Crippen LogP contribution in [-0.2, 0) is 14.3 Å². The van der Waals surface area contributed by atoms with Gasteiger partial charge in [-0.15, -0.1) is 0 Å². The highest BCUT2D eigenvalue weighted by molar-refractivity contribution is 5.91. The van der Waals surface area contributed by atoms with Crippen molar-refractivity contribution < 1.29 is 19.1 Å². The van der Waals surface area contributed by atoms with Crippen molar-refractivity contribution in [1.82, 2.24) is 10.2 Å². The summed E-state index contributed by atoms with van der Waals surface area (Å²) in [6.07, 6.45) is 1.90. The summed E-state index contributed by atoms with van der Waals surface area (Å²) in [5, 5.41) is 2.56. The Morgan fingerprint density at radius 1 is 1.25 bits per heavy atom. The Bertz CT molecular complexity index is 381. The van der Waals surface area contributed by atoms with Crippen molar-refractivity contribution in [2.45, 2.75) is 52.1 Å². The van der Waals surface area contributed by atoms with E-state index in [1.54, 1.807) is 4.90 Å². The van der Waals surface area contributed by atoms with Gasteiger partial charge < -0.3 is 15.0 Å². The van der Waals surface area contributed by atoms with Gasteiger partial charge in [-0.25, -0.2) is 4.79 Å². The van der Waals surface area contributed by atoms with E-state index in [2.05, 4.69) is 10.1 Å². The van der Waals surface area contributed by atoms with Crippen LogP contribution in [-0.4, -0.2) is 48.4 Å². The molecule has 0 aromatic heterocycles. The van der Waals surface area contributed by atoms with E-state index in [4.69, 9.17) is 0 Å². The number of methoxy groups -OCH3 is 1. The predicted molar refractivity (Wildman–Crippen MR) is 74.2 cm³/mol. The van der Waals surface area contributed by atoms with Crippen LogP contribution in [0.4, 0.5) is 4.79 Å². The van der Waals surface area contributed by atoms with Crippen molar-refractivity contribution in [3.05, 3.63) is 0 Å².